The van der Waals surface area contributed by atoms with Crippen molar-refractivity contribution in [1.29, 1.82) is 0 Å². The lowest BCUT2D eigenvalue weighted by Gasteiger charge is -2.07. The second-order valence-corrected chi connectivity index (χ2v) is 6.37. The third kappa shape index (κ3) is 4.43. The largest absolute Gasteiger partial charge is 0.310 e. The van der Waals surface area contributed by atoms with Crippen LogP contribution in [0.15, 0.2) is 30.5 Å². The van der Waals surface area contributed by atoms with Crippen LogP contribution in [0.2, 0.25) is 0 Å². The monoisotopic (exact) mass is 285 g/mol. The molecule has 0 fully saturated rings. The summed E-state index contributed by atoms with van der Waals surface area (Å²) in [6, 6.07) is 9.35. The molecule has 0 spiro atoms. The minimum atomic E-state index is 0.497. The van der Waals surface area contributed by atoms with Crippen LogP contribution >= 0.6 is 0 Å². The molecule has 0 saturated carbocycles. The molecule has 114 valence electrons. The third-order valence-electron chi connectivity index (χ3n) is 3.74. The Balaban J connectivity index is 2.04. The molecule has 0 radical (unpaired) electrons. The maximum absolute atomic E-state index is 4.62. The molecule has 3 heteroatoms. The smallest absolute Gasteiger partial charge is 0.0659 e. The Labute approximate surface area is 128 Å². The summed E-state index contributed by atoms with van der Waals surface area (Å²) in [4.78, 5) is 0. The molecule has 0 aliphatic carbocycles. The SMILES string of the molecule is Cc1nn(Cc2ccc(C(C)C)cc2)cc1CNC(C)C. The minimum Gasteiger partial charge on any atom is -0.310 e. The first-order valence-electron chi connectivity index (χ1n) is 7.81. The van der Waals surface area contributed by atoms with Crippen molar-refractivity contribution in [3.05, 3.63) is 52.8 Å². The highest BCUT2D eigenvalue weighted by molar-refractivity contribution is 5.25. The Morgan fingerprint density at radius 3 is 2.33 bits per heavy atom. The number of rotatable bonds is 6. The van der Waals surface area contributed by atoms with Gasteiger partial charge in [-0.25, -0.2) is 0 Å². The fourth-order valence-electron chi connectivity index (χ4n) is 2.32. The standard InChI is InChI=1S/C18H27N3/c1-13(2)17-8-6-16(7-9-17)11-21-12-18(15(5)20-21)10-19-14(3)4/h6-9,12-14,19H,10-11H2,1-5H3. The predicted molar refractivity (Wildman–Crippen MR) is 88.6 cm³/mol. The average molecular weight is 285 g/mol. The van der Waals surface area contributed by atoms with Crippen molar-refractivity contribution in [3.8, 4) is 0 Å². The third-order valence-corrected chi connectivity index (χ3v) is 3.74. The summed E-state index contributed by atoms with van der Waals surface area (Å²) in [7, 11) is 0. The zero-order valence-electron chi connectivity index (χ0n) is 13.9. The molecule has 0 aliphatic rings. The lowest BCUT2D eigenvalue weighted by Crippen LogP contribution is -2.21. The van der Waals surface area contributed by atoms with Gasteiger partial charge in [-0.3, -0.25) is 4.68 Å². The van der Waals surface area contributed by atoms with E-state index in [9.17, 15) is 0 Å². The number of hydrogen-bond acceptors (Lipinski definition) is 2. The van der Waals surface area contributed by atoms with Crippen LogP contribution in [0.25, 0.3) is 0 Å². The molecule has 0 aliphatic heterocycles. The number of benzene rings is 1. The predicted octanol–water partition coefficient (Wildman–Crippen LogP) is 3.86. The normalized spacial score (nSPS) is 11.6. The fourth-order valence-corrected chi connectivity index (χ4v) is 2.32. The van der Waals surface area contributed by atoms with Crippen molar-refractivity contribution in [2.75, 3.05) is 0 Å². The fraction of sp³-hybridized carbons (Fsp3) is 0.500. The molecule has 1 aromatic carbocycles. The molecule has 0 atom stereocenters. The van der Waals surface area contributed by atoms with Gasteiger partial charge >= 0.3 is 0 Å². The highest BCUT2D eigenvalue weighted by Gasteiger charge is 2.06. The van der Waals surface area contributed by atoms with Crippen LogP contribution in [0.4, 0.5) is 0 Å². The second kappa shape index (κ2) is 6.90. The molecule has 1 heterocycles. The zero-order chi connectivity index (χ0) is 15.4. The Hall–Kier alpha value is -1.61. The van der Waals surface area contributed by atoms with Crippen LogP contribution in [0.1, 0.15) is 56.0 Å². The van der Waals surface area contributed by atoms with Crippen molar-refractivity contribution in [2.45, 2.75) is 59.7 Å². The van der Waals surface area contributed by atoms with Gasteiger partial charge in [0.2, 0.25) is 0 Å². The van der Waals surface area contributed by atoms with Crippen LogP contribution in [-0.2, 0) is 13.1 Å². The van der Waals surface area contributed by atoms with Gasteiger partial charge in [0.1, 0.15) is 0 Å². The molecule has 0 unspecified atom stereocenters. The summed E-state index contributed by atoms with van der Waals surface area (Å²) in [5.74, 6) is 0.583. The first-order valence-corrected chi connectivity index (χ1v) is 7.81. The number of nitrogens with zero attached hydrogens (tertiary/aromatic N) is 2. The summed E-state index contributed by atoms with van der Waals surface area (Å²) in [6.07, 6.45) is 2.15. The van der Waals surface area contributed by atoms with Gasteiger partial charge in [0.25, 0.3) is 0 Å². The molecule has 1 aromatic heterocycles. The Kier molecular flexibility index (Phi) is 5.18. The second-order valence-electron chi connectivity index (χ2n) is 6.37. The maximum Gasteiger partial charge on any atom is 0.0659 e. The van der Waals surface area contributed by atoms with Gasteiger partial charge in [0.05, 0.1) is 12.2 Å². The van der Waals surface area contributed by atoms with Crippen LogP contribution in [0.5, 0.6) is 0 Å². The van der Waals surface area contributed by atoms with Gasteiger partial charge in [0, 0.05) is 24.3 Å². The highest BCUT2D eigenvalue weighted by atomic mass is 15.3. The number of hydrogen-bond donors (Lipinski definition) is 1. The first-order chi connectivity index (χ1) is 9.95. The number of aryl methyl sites for hydroxylation is 1. The van der Waals surface area contributed by atoms with Crippen molar-refractivity contribution in [3.63, 3.8) is 0 Å². The lowest BCUT2D eigenvalue weighted by atomic mass is 10.0. The van der Waals surface area contributed by atoms with E-state index in [1.807, 2.05) is 4.68 Å². The van der Waals surface area contributed by atoms with Gasteiger partial charge < -0.3 is 5.32 Å². The number of aromatic nitrogens is 2. The van der Waals surface area contributed by atoms with Gasteiger partial charge in [0.15, 0.2) is 0 Å². The molecule has 3 nitrogen and oxygen atoms in total. The summed E-state index contributed by atoms with van der Waals surface area (Å²) in [6.45, 7) is 12.6. The van der Waals surface area contributed by atoms with E-state index >= 15 is 0 Å². The molecule has 0 amide bonds. The molecule has 2 rings (SSSR count). The van der Waals surface area contributed by atoms with Crippen molar-refractivity contribution in [2.24, 2.45) is 0 Å². The molecular formula is C18H27N3. The van der Waals surface area contributed by atoms with Crippen LogP contribution in [0, 0.1) is 6.92 Å². The molecule has 21 heavy (non-hydrogen) atoms. The van der Waals surface area contributed by atoms with E-state index in [1.165, 1.54) is 16.7 Å². The minimum absolute atomic E-state index is 0.497. The van der Waals surface area contributed by atoms with Crippen LogP contribution in [0.3, 0.4) is 0 Å². The van der Waals surface area contributed by atoms with E-state index in [0.29, 0.717) is 12.0 Å². The molecule has 0 bridgehead atoms. The van der Waals surface area contributed by atoms with Crippen molar-refractivity contribution in [1.82, 2.24) is 15.1 Å². The summed E-state index contributed by atoms with van der Waals surface area (Å²) in [5, 5.41) is 8.06. The lowest BCUT2D eigenvalue weighted by molar-refractivity contribution is 0.587. The quantitative estimate of drug-likeness (QED) is 0.873. The van der Waals surface area contributed by atoms with E-state index in [1.54, 1.807) is 0 Å². The van der Waals surface area contributed by atoms with E-state index in [2.05, 4.69) is 75.5 Å². The zero-order valence-corrected chi connectivity index (χ0v) is 13.9. The Bertz CT molecular complexity index is 565. The van der Waals surface area contributed by atoms with Gasteiger partial charge in [-0.1, -0.05) is 52.0 Å². The Morgan fingerprint density at radius 1 is 1.10 bits per heavy atom. The van der Waals surface area contributed by atoms with Crippen LogP contribution < -0.4 is 5.32 Å². The van der Waals surface area contributed by atoms with Crippen molar-refractivity contribution >= 4 is 0 Å². The molecule has 2 aromatic rings. The summed E-state index contributed by atoms with van der Waals surface area (Å²) in [5.41, 5.74) is 5.08. The maximum atomic E-state index is 4.62. The van der Waals surface area contributed by atoms with E-state index in [0.717, 1.165) is 18.8 Å². The summed E-state index contributed by atoms with van der Waals surface area (Å²) < 4.78 is 2.04. The first kappa shape index (κ1) is 15.8. The van der Waals surface area contributed by atoms with E-state index < -0.39 is 0 Å². The number of nitrogens with one attached hydrogen (secondary N) is 1. The Morgan fingerprint density at radius 2 is 1.76 bits per heavy atom. The van der Waals surface area contributed by atoms with Crippen molar-refractivity contribution < 1.29 is 0 Å². The van der Waals surface area contributed by atoms with Gasteiger partial charge in [-0.15, -0.1) is 0 Å². The average Bonchev–Trinajstić information content (AvgIpc) is 2.77. The van der Waals surface area contributed by atoms with E-state index in [-0.39, 0.29) is 0 Å². The highest BCUT2D eigenvalue weighted by Crippen LogP contribution is 2.15. The molecular weight excluding hydrogens is 258 g/mol. The van der Waals surface area contributed by atoms with Crippen LogP contribution in [-0.4, -0.2) is 15.8 Å². The van der Waals surface area contributed by atoms with E-state index in [4.69, 9.17) is 0 Å². The summed E-state index contributed by atoms with van der Waals surface area (Å²) >= 11 is 0. The molecule has 1 N–H and O–H groups in total. The topological polar surface area (TPSA) is 29.9 Å². The van der Waals surface area contributed by atoms with Gasteiger partial charge in [-0.2, -0.15) is 5.10 Å². The van der Waals surface area contributed by atoms with Gasteiger partial charge in [-0.05, 0) is 24.0 Å². The molecule has 0 saturated heterocycles.